The Morgan fingerprint density at radius 2 is 1.10 bits per heavy atom. The Morgan fingerprint density at radius 1 is 0.800 bits per heavy atom. The smallest absolute Gasteiger partial charge is 0.186 e. The molecule has 0 bridgehead atoms. The molecule has 1 rings (SSSR count). The zero-order chi connectivity index (χ0) is 7.40. The molecule has 10 heavy (non-hydrogen) atoms. The average Bonchev–Trinajstić information content (AvgIpc) is 2.05. The molecule has 2 nitrogen and oxygen atoms in total. The summed E-state index contributed by atoms with van der Waals surface area (Å²) < 4.78 is 0. The molecule has 48 valence electrons. The first-order valence-corrected chi connectivity index (χ1v) is 3.82. The van der Waals surface area contributed by atoms with E-state index in [4.69, 9.17) is 0 Å². The highest BCUT2D eigenvalue weighted by molar-refractivity contribution is 6.16. The molecule has 0 unspecified atom stereocenters. The topological polar surface area (TPSA) is 24.1 Å². The van der Waals surface area contributed by atoms with Crippen molar-refractivity contribution in [3.63, 3.8) is 0 Å². The number of hydrogen-bond acceptors (Lipinski definition) is 2. The first kappa shape index (κ1) is 7.36. The molecule has 1 aromatic rings. The molecule has 0 fully saturated rings. The largest absolute Gasteiger partial charge is 0.413 e. The lowest BCUT2D eigenvalue weighted by atomic mass is 10.3. The van der Waals surface area contributed by atoms with E-state index in [1.807, 2.05) is 24.3 Å². The Balaban J connectivity index is 2.80. The summed E-state index contributed by atoms with van der Waals surface area (Å²) in [6.45, 7) is 0. The molecule has 0 amide bonds. The van der Waals surface area contributed by atoms with Gasteiger partial charge in [0, 0.05) is 11.4 Å². The second-order valence-corrected chi connectivity index (χ2v) is 2.33. The molecule has 0 aliphatic heterocycles. The lowest BCUT2D eigenvalue weighted by molar-refractivity contribution is 1.65. The van der Waals surface area contributed by atoms with Gasteiger partial charge in [0.15, 0.2) is 20.8 Å². The summed E-state index contributed by atoms with van der Waals surface area (Å²) in [7, 11) is 6.33. The van der Waals surface area contributed by atoms with Gasteiger partial charge in [0.05, 0.1) is 0 Å². The van der Waals surface area contributed by atoms with Crippen LogP contribution in [0, 0.1) is 0 Å². The Morgan fingerprint density at radius 3 is 1.30 bits per heavy atom. The SMILES string of the molecule is [Si]Nc1ccc(N[Si])cc1. The molecular weight excluding hydrogens is 156 g/mol. The van der Waals surface area contributed by atoms with E-state index >= 15 is 0 Å². The van der Waals surface area contributed by atoms with Gasteiger partial charge in [-0.25, -0.2) is 0 Å². The highest BCUT2D eigenvalue weighted by atomic mass is 28.2. The molecule has 1 aromatic carbocycles. The van der Waals surface area contributed by atoms with Gasteiger partial charge in [0.2, 0.25) is 0 Å². The van der Waals surface area contributed by atoms with E-state index in [0.717, 1.165) is 11.4 Å². The van der Waals surface area contributed by atoms with Crippen LogP contribution in [0.5, 0.6) is 0 Å². The summed E-state index contributed by atoms with van der Waals surface area (Å²) in [5, 5.41) is 0. The van der Waals surface area contributed by atoms with E-state index in [1.54, 1.807) is 0 Å². The van der Waals surface area contributed by atoms with Crippen molar-refractivity contribution in [1.29, 1.82) is 0 Å². The van der Waals surface area contributed by atoms with Gasteiger partial charge >= 0.3 is 0 Å². The highest BCUT2D eigenvalue weighted by Gasteiger charge is 1.86. The fourth-order valence-corrected chi connectivity index (χ4v) is 0.970. The fraction of sp³-hybridized carbons (Fsp3) is 0. The van der Waals surface area contributed by atoms with Crippen LogP contribution in [-0.4, -0.2) is 20.8 Å². The maximum Gasteiger partial charge on any atom is 0.186 e. The molecular formula is C6H6N2Si2. The van der Waals surface area contributed by atoms with Crippen LogP contribution in [-0.2, 0) is 0 Å². The van der Waals surface area contributed by atoms with Crippen molar-refractivity contribution in [3.8, 4) is 0 Å². The van der Waals surface area contributed by atoms with Crippen LogP contribution in [0.3, 0.4) is 0 Å². The highest BCUT2D eigenvalue weighted by Crippen LogP contribution is 2.10. The minimum atomic E-state index is 1.03. The van der Waals surface area contributed by atoms with Crippen LogP contribution in [0.15, 0.2) is 24.3 Å². The minimum Gasteiger partial charge on any atom is -0.413 e. The van der Waals surface area contributed by atoms with Crippen LogP contribution in [0.25, 0.3) is 0 Å². The first-order valence-electron chi connectivity index (χ1n) is 2.82. The van der Waals surface area contributed by atoms with Crippen LogP contribution in [0.1, 0.15) is 0 Å². The second kappa shape index (κ2) is 3.43. The number of anilines is 2. The molecule has 4 heteroatoms. The molecule has 0 saturated carbocycles. The molecule has 0 spiro atoms. The molecule has 0 atom stereocenters. The van der Waals surface area contributed by atoms with Crippen molar-refractivity contribution in [1.82, 2.24) is 0 Å². The Hall–Kier alpha value is -0.746. The minimum absolute atomic E-state index is 1.03. The standard InChI is InChI=1S/C6H6N2Si2/c9-7-5-1-2-6(8-10)4-3-5/h1-4,7-8H. The summed E-state index contributed by atoms with van der Waals surface area (Å²) >= 11 is 0. The van der Waals surface area contributed by atoms with E-state index in [-0.39, 0.29) is 0 Å². The van der Waals surface area contributed by atoms with Crippen LogP contribution >= 0.6 is 0 Å². The summed E-state index contributed by atoms with van der Waals surface area (Å²) in [4.78, 5) is 5.68. The average molecular weight is 162 g/mol. The third-order valence-electron chi connectivity index (χ3n) is 1.17. The molecule has 0 heterocycles. The van der Waals surface area contributed by atoms with Crippen molar-refractivity contribution in [3.05, 3.63) is 24.3 Å². The van der Waals surface area contributed by atoms with E-state index in [9.17, 15) is 0 Å². The van der Waals surface area contributed by atoms with Gasteiger partial charge in [-0.3, -0.25) is 0 Å². The Bertz CT molecular complexity index is 174. The maximum absolute atomic E-state index is 3.17. The number of hydrogen-bond donors (Lipinski definition) is 2. The van der Waals surface area contributed by atoms with Gasteiger partial charge in [-0.2, -0.15) is 0 Å². The maximum atomic E-state index is 3.17. The van der Waals surface area contributed by atoms with Crippen molar-refractivity contribution >= 4 is 32.2 Å². The van der Waals surface area contributed by atoms with Crippen molar-refractivity contribution in [2.75, 3.05) is 9.96 Å². The van der Waals surface area contributed by atoms with Gasteiger partial charge in [-0.1, -0.05) is 0 Å². The zero-order valence-corrected chi connectivity index (χ0v) is 7.31. The fourth-order valence-electron chi connectivity index (χ4n) is 0.637. The Kier molecular flexibility index (Phi) is 2.52. The second-order valence-electron chi connectivity index (χ2n) is 1.83. The van der Waals surface area contributed by atoms with Gasteiger partial charge in [0.1, 0.15) is 0 Å². The summed E-state index contributed by atoms with van der Waals surface area (Å²) in [6.07, 6.45) is 0. The molecule has 0 saturated heterocycles. The third kappa shape index (κ3) is 1.61. The molecule has 0 aliphatic carbocycles. The summed E-state index contributed by atoms with van der Waals surface area (Å²) in [5.41, 5.74) is 2.06. The van der Waals surface area contributed by atoms with Crippen molar-refractivity contribution in [2.45, 2.75) is 0 Å². The van der Waals surface area contributed by atoms with Crippen LogP contribution < -0.4 is 9.96 Å². The zero-order valence-electron chi connectivity index (χ0n) is 5.31. The quantitative estimate of drug-likeness (QED) is 0.625. The van der Waals surface area contributed by atoms with Crippen molar-refractivity contribution < 1.29 is 0 Å². The van der Waals surface area contributed by atoms with E-state index in [2.05, 4.69) is 30.8 Å². The lowest BCUT2D eigenvalue weighted by Crippen LogP contribution is -1.92. The summed E-state index contributed by atoms with van der Waals surface area (Å²) in [6, 6.07) is 7.82. The van der Waals surface area contributed by atoms with Gasteiger partial charge in [-0.05, 0) is 24.3 Å². The third-order valence-corrected chi connectivity index (χ3v) is 1.75. The van der Waals surface area contributed by atoms with Gasteiger partial charge in [-0.15, -0.1) is 0 Å². The summed E-state index contributed by atoms with van der Waals surface area (Å²) in [5.74, 6) is 0. The molecule has 2 N–H and O–H groups in total. The number of rotatable bonds is 2. The van der Waals surface area contributed by atoms with Gasteiger partial charge in [0.25, 0.3) is 0 Å². The molecule has 0 aliphatic rings. The van der Waals surface area contributed by atoms with Crippen LogP contribution in [0.4, 0.5) is 11.4 Å². The lowest BCUT2D eigenvalue weighted by Gasteiger charge is -2.01. The predicted octanol–water partition coefficient (Wildman–Crippen LogP) is 0.677. The molecule has 0 aromatic heterocycles. The van der Waals surface area contributed by atoms with Crippen molar-refractivity contribution in [2.24, 2.45) is 0 Å². The first-order chi connectivity index (χ1) is 4.86. The van der Waals surface area contributed by atoms with E-state index < -0.39 is 0 Å². The number of benzene rings is 1. The molecule has 6 radical (unpaired) electrons. The van der Waals surface area contributed by atoms with Gasteiger partial charge < -0.3 is 9.96 Å². The monoisotopic (exact) mass is 162 g/mol. The van der Waals surface area contributed by atoms with E-state index in [0.29, 0.717) is 0 Å². The van der Waals surface area contributed by atoms with Crippen LogP contribution in [0.2, 0.25) is 0 Å². The van der Waals surface area contributed by atoms with E-state index in [1.165, 1.54) is 0 Å². The normalized spacial score (nSPS) is 9.00. The Labute approximate surface area is 67.0 Å². The predicted molar refractivity (Wildman–Crippen MR) is 45.2 cm³/mol. The number of nitrogens with one attached hydrogen (secondary N) is 2.